The Bertz CT molecular complexity index is 1530. The number of hydrogen-bond acceptors (Lipinski definition) is 4. The van der Waals surface area contributed by atoms with E-state index in [1.54, 1.807) is 31.2 Å². The minimum Gasteiger partial charge on any atom is -0.346 e. The fourth-order valence-electron chi connectivity index (χ4n) is 3.36. The average molecular weight is 497 g/mol. The van der Waals surface area contributed by atoms with Gasteiger partial charge in [-0.3, -0.25) is 14.2 Å². The van der Waals surface area contributed by atoms with Crippen LogP contribution in [0.4, 0.5) is 8.78 Å². The molecule has 10 heteroatoms. The van der Waals surface area contributed by atoms with E-state index >= 15 is 0 Å². The summed E-state index contributed by atoms with van der Waals surface area (Å²) in [6.07, 6.45) is 0. The van der Waals surface area contributed by atoms with Crippen molar-refractivity contribution in [2.75, 3.05) is 0 Å². The highest BCUT2D eigenvalue weighted by Crippen LogP contribution is 2.13. The van der Waals surface area contributed by atoms with Gasteiger partial charge in [-0.2, -0.15) is 9.78 Å². The molecule has 4 rings (SSSR count). The second kappa shape index (κ2) is 10.0. The third kappa shape index (κ3) is 5.36. The van der Waals surface area contributed by atoms with Crippen molar-refractivity contribution in [3.63, 3.8) is 0 Å². The number of benzene rings is 3. The molecule has 0 bridgehead atoms. The Morgan fingerprint density at radius 1 is 1.00 bits per heavy atom. The lowest BCUT2D eigenvalue weighted by molar-refractivity contribution is 0.0941. The standard InChI is InChI=1S/C25H19ClF2N4O3/c1-15-5-10-20(12-21(15)28)32-25(35)31(14-17-3-2-4-18(26)11-17)24(34)22(30-32)23(33)29-13-16-6-8-19(27)9-7-16/h2-12H,13-14H2,1H3,(H,29,33). The third-order valence-corrected chi connectivity index (χ3v) is 5.51. The van der Waals surface area contributed by atoms with E-state index in [9.17, 15) is 23.2 Å². The Hall–Kier alpha value is -4.11. The van der Waals surface area contributed by atoms with Crippen LogP contribution in [0, 0.1) is 18.6 Å². The van der Waals surface area contributed by atoms with E-state index in [0.717, 1.165) is 15.3 Å². The van der Waals surface area contributed by atoms with Crippen LogP contribution < -0.4 is 16.6 Å². The van der Waals surface area contributed by atoms with Gasteiger partial charge in [0, 0.05) is 17.6 Å². The highest BCUT2D eigenvalue weighted by atomic mass is 35.5. The zero-order valence-electron chi connectivity index (χ0n) is 18.5. The Morgan fingerprint density at radius 3 is 2.43 bits per heavy atom. The first-order valence-electron chi connectivity index (χ1n) is 10.5. The van der Waals surface area contributed by atoms with Gasteiger partial charge in [-0.05, 0) is 53.9 Å². The average Bonchev–Trinajstić information content (AvgIpc) is 2.83. The Labute approximate surface area is 203 Å². The van der Waals surface area contributed by atoms with Gasteiger partial charge in [0.25, 0.3) is 11.5 Å². The van der Waals surface area contributed by atoms with Crippen molar-refractivity contribution in [2.24, 2.45) is 0 Å². The first-order valence-corrected chi connectivity index (χ1v) is 10.9. The number of aryl methyl sites for hydroxylation is 1. The second-order valence-electron chi connectivity index (χ2n) is 7.81. The summed E-state index contributed by atoms with van der Waals surface area (Å²) in [7, 11) is 0. The molecule has 3 aromatic carbocycles. The van der Waals surface area contributed by atoms with Gasteiger partial charge in [-0.25, -0.2) is 13.6 Å². The summed E-state index contributed by atoms with van der Waals surface area (Å²) < 4.78 is 29.0. The molecular weight excluding hydrogens is 478 g/mol. The number of carbonyl (C=O) groups excluding carboxylic acids is 1. The van der Waals surface area contributed by atoms with Gasteiger partial charge in [0.05, 0.1) is 12.2 Å². The molecule has 0 aliphatic rings. The molecule has 0 saturated carbocycles. The molecule has 0 unspecified atom stereocenters. The summed E-state index contributed by atoms with van der Waals surface area (Å²) in [6.45, 7) is 1.36. The number of amides is 1. The van der Waals surface area contributed by atoms with Crippen molar-refractivity contribution in [1.29, 1.82) is 0 Å². The van der Waals surface area contributed by atoms with Crippen molar-refractivity contribution < 1.29 is 13.6 Å². The zero-order valence-corrected chi connectivity index (χ0v) is 19.2. The zero-order chi connectivity index (χ0) is 25.1. The fourth-order valence-corrected chi connectivity index (χ4v) is 3.58. The lowest BCUT2D eigenvalue weighted by atomic mass is 10.2. The summed E-state index contributed by atoms with van der Waals surface area (Å²) in [5.41, 5.74) is -0.801. The minimum atomic E-state index is -0.921. The SMILES string of the molecule is Cc1ccc(-n2nc(C(=O)NCc3ccc(F)cc3)c(=O)n(Cc3cccc(Cl)c3)c2=O)cc1F. The monoisotopic (exact) mass is 496 g/mol. The molecule has 1 N–H and O–H groups in total. The van der Waals surface area contributed by atoms with Gasteiger partial charge < -0.3 is 5.32 Å². The highest BCUT2D eigenvalue weighted by molar-refractivity contribution is 6.30. The maximum absolute atomic E-state index is 14.2. The van der Waals surface area contributed by atoms with Crippen LogP contribution in [0.25, 0.3) is 5.69 Å². The molecule has 35 heavy (non-hydrogen) atoms. The number of rotatable bonds is 6. The summed E-state index contributed by atoms with van der Waals surface area (Å²) in [5, 5.41) is 6.92. The van der Waals surface area contributed by atoms with Crippen LogP contribution in [0.2, 0.25) is 5.02 Å². The lowest BCUT2D eigenvalue weighted by Gasteiger charge is -2.13. The van der Waals surface area contributed by atoms with E-state index in [-0.39, 0.29) is 18.8 Å². The summed E-state index contributed by atoms with van der Waals surface area (Å²) >= 11 is 6.03. The van der Waals surface area contributed by atoms with Crippen LogP contribution in [0.15, 0.2) is 76.3 Å². The number of aromatic nitrogens is 3. The number of nitrogens with one attached hydrogen (secondary N) is 1. The van der Waals surface area contributed by atoms with Crippen LogP contribution in [0.3, 0.4) is 0 Å². The molecule has 0 atom stereocenters. The largest absolute Gasteiger partial charge is 0.352 e. The first kappa shape index (κ1) is 24.0. The molecule has 7 nitrogen and oxygen atoms in total. The molecular formula is C25H19ClF2N4O3. The quantitative estimate of drug-likeness (QED) is 0.442. The summed E-state index contributed by atoms with van der Waals surface area (Å²) in [4.78, 5) is 39.3. The van der Waals surface area contributed by atoms with E-state index < -0.39 is 34.5 Å². The van der Waals surface area contributed by atoms with E-state index in [4.69, 9.17) is 11.6 Å². The van der Waals surface area contributed by atoms with Crippen molar-refractivity contribution in [3.8, 4) is 5.69 Å². The van der Waals surface area contributed by atoms with E-state index in [2.05, 4.69) is 10.4 Å². The predicted octanol–water partition coefficient (Wildman–Crippen LogP) is 3.61. The maximum Gasteiger partial charge on any atom is 0.352 e. The van der Waals surface area contributed by atoms with Gasteiger partial charge in [-0.1, -0.05) is 41.9 Å². The van der Waals surface area contributed by atoms with Crippen LogP contribution in [-0.4, -0.2) is 20.3 Å². The Morgan fingerprint density at radius 2 is 1.74 bits per heavy atom. The van der Waals surface area contributed by atoms with Gasteiger partial charge in [-0.15, -0.1) is 0 Å². The third-order valence-electron chi connectivity index (χ3n) is 5.27. The topological polar surface area (TPSA) is 86.0 Å². The fraction of sp³-hybridized carbons (Fsp3) is 0.120. The van der Waals surface area contributed by atoms with E-state index in [0.29, 0.717) is 21.7 Å². The van der Waals surface area contributed by atoms with Crippen molar-refractivity contribution in [3.05, 3.63) is 127 Å². The number of hydrogen-bond donors (Lipinski definition) is 1. The normalized spacial score (nSPS) is 10.9. The number of carbonyl (C=O) groups is 1. The number of nitrogens with zero attached hydrogens (tertiary/aromatic N) is 3. The van der Waals surface area contributed by atoms with Crippen molar-refractivity contribution in [1.82, 2.24) is 19.7 Å². The summed E-state index contributed by atoms with van der Waals surface area (Å²) in [6, 6.07) is 16.0. The molecule has 1 heterocycles. The molecule has 1 amide bonds. The van der Waals surface area contributed by atoms with E-state index in [1.807, 2.05) is 0 Å². The molecule has 0 fully saturated rings. The Kier molecular flexibility index (Phi) is 6.88. The van der Waals surface area contributed by atoms with E-state index in [1.165, 1.54) is 36.4 Å². The number of halogens is 3. The molecule has 0 saturated heterocycles. The van der Waals surface area contributed by atoms with Crippen molar-refractivity contribution in [2.45, 2.75) is 20.0 Å². The molecule has 0 radical (unpaired) electrons. The van der Waals surface area contributed by atoms with Gasteiger partial charge in [0.1, 0.15) is 11.6 Å². The lowest BCUT2D eigenvalue weighted by Crippen LogP contribution is -2.46. The van der Waals surface area contributed by atoms with Gasteiger partial charge in [0.15, 0.2) is 0 Å². The molecule has 0 aliphatic heterocycles. The maximum atomic E-state index is 14.2. The molecule has 0 aliphatic carbocycles. The van der Waals surface area contributed by atoms with Gasteiger partial charge >= 0.3 is 5.69 Å². The van der Waals surface area contributed by atoms with Crippen LogP contribution in [-0.2, 0) is 13.1 Å². The molecule has 4 aromatic rings. The molecule has 1 aromatic heterocycles. The molecule has 178 valence electrons. The summed E-state index contributed by atoms with van der Waals surface area (Å²) in [5.74, 6) is -1.85. The predicted molar refractivity (Wildman–Crippen MR) is 127 cm³/mol. The first-order chi connectivity index (χ1) is 16.7. The van der Waals surface area contributed by atoms with Gasteiger partial charge in [0.2, 0.25) is 5.69 Å². The highest BCUT2D eigenvalue weighted by Gasteiger charge is 2.21. The Balaban J connectivity index is 1.79. The van der Waals surface area contributed by atoms with Crippen LogP contribution in [0.5, 0.6) is 0 Å². The van der Waals surface area contributed by atoms with Crippen LogP contribution >= 0.6 is 11.6 Å². The van der Waals surface area contributed by atoms with Crippen LogP contribution in [0.1, 0.15) is 27.2 Å². The second-order valence-corrected chi connectivity index (χ2v) is 8.24. The smallest absolute Gasteiger partial charge is 0.346 e. The minimum absolute atomic E-state index is 0.00713. The molecule has 0 spiro atoms. The van der Waals surface area contributed by atoms with Crippen molar-refractivity contribution >= 4 is 17.5 Å².